The van der Waals surface area contributed by atoms with Crippen LogP contribution < -0.4 is 5.32 Å². The first kappa shape index (κ1) is 13.2. The zero-order valence-corrected chi connectivity index (χ0v) is 8.32. The summed E-state index contributed by atoms with van der Waals surface area (Å²) in [5.41, 5.74) is 0. The molecule has 0 aromatic carbocycles. The van der Waals surface area contributed by atoms with Gasteiger partial charge in [-0.1, -0.05) is 6.92 Å². The van der Waals surface area contributed by atoms with Gasteiger partial charge in [0, 0.05) is 13.6 Å². The molecular weight excluding hydrogens is 197 g/mol. The van der Waals surface area contributed by atoms with Gasteiger partial charge in [-0.25, -0.2) is 0 Å². The molecule has 0 aliphatic carbocycles. The van der Waals surface area contributed by atoms with E-state index >= 15 is 0 Å². The van der Waals surface area contributed by atoms with Crippen LogP contribution in [0.1, 0.15) is 13.3 Å². The maximum absolute atomic E-state index is 11.7. The SMILES string of the molecule is CCCN(C)C(=O)CNCC(F)(F)F. The third kappa shape index (κ3) is 6.71. The van der Waals surface area contributed by atoms with Crippen LogP contribution >= 0.6 is 0 Å². The average molecular weight is 212 g/mol. The number of halogens is 3. The van der Waals surface area contributed by atoms with Crippen LogP contribution in [-0.4, -0.2) is 43.7 Å². The van der Waals surface area contributed by atoms with Gasteiger partial charge in [0.15, 0.2) is 0 Å². The maximum atomic E-state index is 11.7. The van der Waals surface area contributed by atoms with Crippen LogP contribution in [0.2, 0.25) is 0 Å². The summed E-state index contributed by atoms with van der Waals surface area (Å²) in [5.74, 6) is -0.323. The van der Waals surface area contributed by atoms with Gasteiger partial charge >= 0.3 is 6.18 Å². The number of carbonyl (C=O) groups excluding carboxylic acids is 1. The van der Waals surface area contributed by atoms with Crippen molar-refractivity contribution in [3.8, 4) is 0 Å². The highest BCUT2D eigenvalue weighted by atomic mass is 19.4. The molecule has 3 nitrogen and oxygen atoms in total. The third-order valence-electron chi connectivity index (χ3n) is 1.59. The minimum Gasteiger partial charge on any atom is -0.345 e. The molecule has 0 spiro atoms. The van der Waals surface area contributed by atoms with E-state index in [2.05, 4.69) is 0 Å². The van der Waals surface area contributed by atoms with Crippen molar-refractivity contribution in [2.75, 3.05) is 26.7 Å². The molecule has 0 saturated carbocycles. The van der Waals surface area contributed by atoms with Crippen LogP contribution in [0.3, 0.4) is 0 Å². The van der Waals surface area contributed by atoms with Gasteiger partial charge in [-0.15, -0.1) is 0 Å². The van der Waals surface area contributed by atoms with Crippen molar-refractivity contribution in [1.82, 2.24) is 10.2 Å². The topological polar surface area (TPSA) is 32.3 Å². The fourth-order valence-electron chi connectivity index (χ4n) is 0.906. The highest BCUT2D eigenvalue weighted by molar-refractivity contribution is 5.77. The molecule has 0 atom stereocenters. The average Bonchev–Trinajstić information content (AvgIpc) is 2.02. The van der Waals surface area contributed by atoms with E-state index in [-0.39, 0.29) is 12.5 Å². The number of likely N-dealkylation sites (N-methyl/N-ethyl adjacent to an activating group) is 1. The molecule has 0 aromatic rings. The number of carbonyl (C=O) groups is 1. The molecule has 0 saturated heterocycles. The summed E-state index contributed by atoms with van der Waals surface area (Å²) >= 11 is 0. The van der Waals surface area contributed by atoms with E-state index < -0.39 is 12.7 Å². The number of rotatable bonds is 5. The first-order chi connectivity index (χ1) is 6.37. The van der Waals surface area contributed by atoms with Crippen molar-refractivity contribution in [2.45, 2.75) is 19.5 Å². The summed E-state index contributed by atoms with van der Waals surface area (Å²) < 4.78 is 35.0. The highest BCUT2D eigenvalue weighted by Crippen LogP contribution is 2.11. The number of nitrogens with one attached hydrogen (secondary N) is 1. The first-order valence-corrected chi connectivity index (χ1v) is 4.38. The van der Waals surface area contributed by atoms with Gasteiger partial charge in [-0.2, -0.15) is 13.2 Å². The highest BCUT2D eigenvalue weighted by Gasteiger charge is 2.26. The molecule has 1 amide bonds. The largest absolute Gasteiger partial charge is 0.401 e. The van der Waals surface area contributed by atoms with E-state index in [1.807, 2.05) is 12.2 Å². The maximum Gasteiger partial charge on any atom is 0.401 e. The molecule has 0 fully saturated rings. The number of hydrogen-bond acceptors (Lipinski definition) is 2. The lowest BCUT2D eigenvalue weighted by Gasteiger charge is -2.16. The zero-order valence-electron chi connectivity index (χ0n) is 8.32. The van der Waals surface area contributed by atoms with E-state index in [0.717, 1.165) is 6.42 Å². The van der Waals surface area contributed by atoms with E-state index in [1.165, 1.54) is 4.90 Å². The Morgan fingerprint density at radius 3 is 2.43 bits per heavy atom. The first-order valence-electron chi connectivity index (χ1n) is 4.38. The Hall–Kier alpha value is -0.780. The smallest absolute Gasteiger partial charge is 0.345 e. The molecular formula is C8H15F3N2O. The lowest BCUT2D eigenvalue weighted by atomic mass is 10.4. The molecule has 0 unspecified atom stereocenters. The Morgan fingerprint density at radius 1 is 1.43 bits per heavy atom. The molecule has 1 N–H and O–H groups in total. The second-order valence-corrected chi connectivity index (χ2v) is 3.03. The van der Waals surface area contributed by atoms with E-state index in [0.29, 0.717) is 6.54 Å². The molecule has 0 aromatic heterocycles. The van der Waals surface area contributed by atoms with Crippen LogP contribution in [-0.2, 0) is 4.79 Å². The van der Waals surface area contributed by atoms with Crippen molar-refractivity contribution in [2.24, 2.45) is 0 Å². The minimum atomic E-state index is -4.26. The lowest BCUT2D eigenvalue weighted by Crippen LogP contribution is -2.39. The number of hydrogen-bond donors (Lipinski definition) is 1. The molecule has 0 aliphatic heterocycles. The third-order valence-corrected chi connectivity index (χ3v) is 1.59. The Kier molecular flexibility index (Phi) is 5.52. The summed E-state index contributed by atoms with van der Waals surface area (Å²) in [6, 6.07) is 0. The van der Waals surface area contributed by atoms with Gasteiger partial charge in [0.2, 0.25) is 5.91 Å². The molecule has 0 heterocycles. The molecule has 84 valence electrons. The lowest BCUT2D eigenvalue weighted by molar-refractivity contribution is -0.133. The van der Waals surface area contributed by atoms with Crippen molar-refractivity contribution >= 4 is 5.91 Å². The quantitative estimate of drug-likeness (QED) is 0.737. The van der Waals surface area contributed by atoms with Crippen molar-refractivity contribution in [1.29, 1.82) is 0 Å². The van der Waals surface area contributed by atoms with Gasteiger partial charge in [0.25, 0.3) is 0 Å². The molecule has 0 aliphatic rings. The second-order valence-electron chi connectivity index (χ2n) is 3.03. The van der Waals surface area contributed by atoms with Crippen LogP contribution in [0, 0.1) is 0 Å². The minimum absolute atomic E-state index is 0.268. The number of amides is 1. The molecule has 0 rings (SSSR count). The van der Waals surface area contributed by atoms with Gasteiger partial charge in [-0.05, 0) is 6.42 Å². The van der Waals surface area contributed by atoms with Gasteiger partial charge in [0.05, 0.1) is 13.1 Å². The Morgan fingerprint density at radius 2 is 2.00 bits per heavy atom. The van der Waals surface area contributed by atoms with Crippen molar-refractivity contribution in [3.63, 3.8) is 0 Å². The zero-order chi connectivity index (χ0) is 11.2. The number of alkyl halides is 3. The normalized spacial score (nSPS) is 11.5. The summed E-state index contributed by atoms with van der Waals surface area (Å²) in [5, 5.41) is 2.05. The Labute approximate surface area is 81.3 Å². The van der Waals surface area contributed by atoms with E-state index in [4.69, 9.17) is 0 Å². The fraction of sp³-hybridized carbons (Fsp3) is 0.875. The fourth-order valence-corrected chi connectivity index (χ4v) is 0.906. The van der Waals surface area contributed by atoms with E-state index in [9.17, 15) is 18.0 Å². The van der Waals surface area contributed by atoms with Gasteiger partial charge in [0.1, 0.15) is 0 Å². The van der Waals surface area contributed by atoms with Crippen LogP contribution in [0.4, 0.5) is 13.2 Å². The van der Waals surface area contributed by atoms with Crippen LogP contribution in [0.5, 0.6) is 0 Å². The standard InChI is InChI=1S/C8H15F3N2O/c1-3-4-13(2)7(14)5-12-6-8(9,10)11/h12H,3-6H2,1-2H3. The Bertz CT molecular complexity index is 182. The molecule has 6 heteroatoms. The molecule has 0 radical (unpaired) electrons. The number of nitrogens with zero attached hydrogens (tertiary/aromatic N) is 1. The Balaban J connectivity index is 3.64. The van der Waals surface area contributed by atoms with Gasteiger partial charge < -0.3 is 10.2 Å². The van der Waals surface area contributed by atoms with E-state index in [1.54, 1.807) is 7.05 Å². The van der Waals surface area contributed by atoms with Gasteiger partial charge in [-0.3, -0.25) is 4.79 Å². The van der Waals surface area contributed by atoms with Crippen molar-refractivity contribution in [3.05, 3.63) is 0 Å². The van der Waals surface area contributed by atoms with Crippen LogP contribution in [0.25, 0.3) is 0 Å². The second kappa shape index (κ2) is 5.85. The predicted octanol–water partition coefficient (Wildman–Crippen LogP) is 1.01. The summed E-state index contributed by atoms with van der Waals surface area (Å²) in [4.78, 5) is 12.5. The molecule has 0 bridgehead atoms. The van der Waals surface area contributed by atoms with Crippen molar-refractivity contribution < 1.29 is 18.0 Å². The molecule has 14 heavy (non-hydrogen) atoms. The predicted molar refractivity (Wildman–Crippen MR) is 46.9 cm³/mol. The summed E-state index contributed by atoms with van der Waals surface area (Å²) in [6.07, 6.45) is -3.47. The summed E-state index contributed by atoms with van der Waals surface area (Å²) in [6.45, 7) is 1.06. The van der Waals surface area contributed by atoms with Crippen LogP contribution in [0.15, 0.2) is 0 Å². The summed E-state index contributed by atoms with van der Waals surface area (Å²) in [7, 11) is 1.57. The monoisotopic (exact) mass is 212 g/mol.